The molecule has 3 amide bonds. The molecule has 3 aromatic heterocycles. The quantitative estimate of drug-likeness (QED) is 0.566. The zero-order valence-corrected chi connectivity index (χ0v) is 16.5. The van der Waals surface area contributed by atoms with Crippen LogP contribution in [0, 0.1) is 5.92 Å². The van der Waals surface area contributed by atoms with Crippen LogP contribution in [0.4, 0.5) is 5.69 Å². The van der Waals surface area contributed by atoms with Crippen LogP contribution < -0.4 is 11.1 Å². The first-order valence-electron chi connectivity index (χ1n) is 9.22. The molecule has 10 heteroatoms. The third-order valence-electron chi connectivity index (χ3n) is 5.03. The average Bonchev–Trinajstić information content (AvgIpc) is 3.29. The Morgan fingerprint density at radius 3 is 2.83 bits per heavy atom. The van der Waals surface area contributed by atoms with Gasteiger partial charge in [0.2, 0.25) is 5.91 Å². The minimum atomic E-state index is -0.767. The Morgan fingerprint density at radius 2 is 2.07 bits per heavy atom. The van der Waals surface area contributed by atoms with Crippen molar-refractivity contribution in [3.05, 3.63) is 41.2 Å². The zero-order valence-electron chi connectivity index (χ0n) is 15.7. The van der Waals surface area contributed by atoms with Crippen molar-refractivity contribution in [1.82, 2.24) is 20.1 Å². The number of piperidine rings is 1. The molecule has 0 bridgehead atoms. The van der Waals surface area contributed by atoms with Crippen LogP contribution in [0.1, 0.15) is 41.0 Å². The number of H-pyrrole nitrogens is 1. The Hall–Kier alpha value is -3.27. The molecule has 29 heavy (non-hydrogen) atoms. The maximum atomic E-state index is 13.0. The van der Waals surface area contributed by atoms with Crippen molar-refractivity contribution in [2.24, 2.45) is 11.7 Å². The van der Waals surface area contributed by atoms with Crippen molar-refractivity contribution < 1.29 is 14.4 Å². The molecule has 3 aromatic rings. The van der Waals surface area contributed by atoms with Crippen LogP contribution in [0.2, 0.25) is 0 Å². The van der Waals surface area contributed by atoms with E-state index in [2.05, 4.69) is 27.4 Å². The fourth-order valence-corrected chi connectivity index (χ4v) is 4.69. The molecule has 0 radical (unpaired) electrons. The summed E-state index contributed by atoms with van der Waals surface area (Å²) < 4.78 is 0. The van der Waals surface area contributed by atoms with E-state index in [4.69, 9.17) is 5.73 Å². The molecule has 1 aliphatic heterocycles. The number of fused-ring (bicyclic) bond motifs is 1. The Kier molecular flexibility index (Phi) is 5.01. The summed E-state index contributed by atoms with van der Waals surface area (Å²) >= 11 is 1.55. The number of hydrogen-bond acceptors (Lipinski definition) is 6. The molecule has 4 rings (SSSR count). The first kappa shape index (κ1) is 19.1. The number of primary amides is 1. The number of carbonyl (C=O) groups excluding carboxylic acids is 3. The van der Waals surface area contributed by atoms with E-state index >= 15 is 0 Å². The van der Waals surface area contributed by atoms with Gasteiger partial charge in [0, 0.05) is 23.0 Å². The monoisotopic (exact) mass is 412 g/mol. The van der Waals surface area contributed by atoms with E-state index in [9.17, 15) is 14.4 Å². The highest BCUT2D eigenvalue weighted by Crippen LogP contribution is 2.38. The summed E-state index contributed by atoms with van der Waals surface area (Å²) in [6.07, 6.45) is 6.18. The van der Waals surface area contributed by atoms with Crippen LogP contribution in [0.3, 0.4) is 0 Å². The summed E-state index contributed by atoms with van der Waals surface area (Å²) in [6.45, 7) is 2.57. The SMILES string of the molecule is C[C@H]1CC[C@H](c2cc3cn[nH]c3s2)N(C(=O)C(=O)Nc2cncc(C(N)=O)c2)C1. The lowest BCUT2D eigenvalue weighted by Gasteiger charge is -2.37. The van der Waals surface area contributed by atoms with Crippen molar-refractivity contribution in [2.45, 2.75) is 25.8 Å². The maximum absolute atomic E-state index is 13.0. The van der Waals surface area contributed by atoms with Gasteiger partial charge < -0.3 is 16.0 Å². The van der Waals surface area contributed by atoms with E-state index in [0.717, 1.165) is 27.9 Å². The van der Waals surface area contributed by atoms with Gasteiger partial charge in [-0.2, -0.15) is 5.10 Å². The Labute approximate surface area is 170 Å². The molecular formula is C19H20N6O3S. The van der Waals surface area contributed by atoms with Gasteiger partial charge in [-0.3, -0.25) is 24.5 Å². The number of thiophene rings is 1. The first-order valence-corrected chi connectivity index (χ1v) is 10.0. The number of aromatic nitrogens is 3. The molecular weight excluding hydrogens is 392 g/mol. The van der Waals surface area contributed by atoms with Crippen molar-refractivity contribution >= 4 is 45.0 Å². The highest BCUT2D eigenvalue weighted by atomic mass is 32.1. The largest absolute Gasteiger partial charge is 0.366 e. The number of pyridine rings is 1. The highest BCUT2D eigenvalue weighted by molar-refractivity contribution is 7.18. The summed E-state index contributed by atoms with van der Waals surface area (Å²) in [5, 5.41) is 10.5. The van der Waals surface area contributed by atoms with E-state index in [1.807, 2.05) is 6.07 Å². The molecule has 0 aromatic carbocycles. The van der Waals surface area contributed by atoms with Crippen LogP contribution in [0.25, 0.3) is 10.2 Å². The van der Waals surface area contributed by atoms with Gasteiger partial charge in [-0.1, -0.05) is 6.92 Å². The fraction of sp³-hybridized carbons (Fsp3) is 0.316. The number of aromatic amines is 1. The molecule has 2 atom stereocenters. The third-order valence-corrected chi connectivity index (χ3v) is 6.19. The lowest BCUT2D eigenvalue weighted by molar-refractivity contribution is -0.146. The van der Waals surface area contributed by atoms with Crippen LogP contribution in [-0.4, -0.2) is 44.3 Å². The van der Waals surface area contributed by atoms with Gasteiger partial charge in [0.25, 0.3) is 0 Å². The van der Waals surface area contributed by atoms with E-state index in [1.165, 1.54) is 18.5 Å². The molecule has 0 spiro atoms. The third kappa shape index (κ3) is 3.83. The highest BCUT2D eigenvalue weighted by Gasteiger charge is 2.35. The number of likely N-dealkylation sites (tertiary alicyclic amines) is 1. The van der Waals surface area contributed by atoms with Crippen molar-refractivity contribution in [3.63, 3.8) is 0 Å². The Morgan fingerprint density at radius 1 is 1.24 bits per heavy atom. The summed E-state index contributed by atoms with van der Waals surface area (Å²) in [5.41, 5.74) is 5.64. The van der Waals surface area contributed by atoms with Crippen LogP contribution >= 0.6 is 11.3 Å². The van der Waals surface area contributed by atoms with Gasteiger partial charge in [-0.15, -0.1) is 11.3 Å². The lowest BCUT2D eigenvalue weighted by atomic mass is 9.93. The van der Waals surface area contributed by atoms with Crippen LogP contribution in [0.15, 0.2) is 30.7 Å². The lowest BCUT2D eigenvalue weighted by Crippen LogP contribution is -2.46. The molecule has 150 valence electrons. The summed E-state index contributed by atoms with van der Waals surface area (Å²) in [6, 6.07) is 3.25. The van der Waals surface area contributed by atoms with E-state index in [0.29, 0.717) is 12.5 Å². The number of hydrogen-bond donors (Lipinski definition) is 3. The van der Waals surface area contributed by atoms with Gasteiger partial charge in [-0.05, 0) is 30.9 Å². The summed E-state index contributed by atoms with van der Waals surface area (Å²) in [7, 11) is 0. The number of anilines is 1. The van der Waals surface area contributed by atoms with Gasteiger partial charge in [-0.25, -0.2) is 0 Å². The first-order chi connectivity index (χ1) is 13.9. The van der Waals surface area contributed by atoms with Gasteiger partial charge in [0.1, 0.15) is 4.83 Å². The minimum Gasteiger partial charge on any atom is -0.366 e. The Balaban J connectivity index is 1.55. The molecule has 4 heterocycles. The normalized spacial score (nSPS) is 19.3. The number of nitrogens with zero attached hydrogens (tertiary/aromatic N) is 3. The predicted octanol–water partition coefficient (Wildman–Crippen LogP) is 2.06. The summed E-state index contributed by atoms with van der Waals surface area (Å²) in [4.78, 5) is 44.4. The zero-order chi connectivity index (χ0) is 20.5. The smallest absolute Gasteiger partial charge is 0.313 e. The molecule has 4 N–H and O–H groups in total. The number of amides is 3. The predicted molar refractivity (Wildman–Crippen MR) is 108 cm³/mol. The van der Waals surface area contributed by atoms with Gasteiger partial charge in [0.05, 0.1) is 29.7 Å². The second kappa shape index (κ2) is 7.63. The fourth-order valence-electron chi connectivity index (χ4n) is 3.56. The molecule has 0 saturated carbocycles. The molecule has 1 saturated heterocycles. The van der Waals surface area contributed by atoms with Crippen molar-refractivity contribution in [3.8, 4) is 0 Å². The molecule has 1 aliphatic rings. The molecule has 0 unspecified atom stereocenters. The van der Waals surface area contributed by atoms with Crippen molar-refractivity contribution in [1.29, 1.82) is 0 Å². The number of nitrogens with two attached hydrogens (primary N) is 1. The standard InChI is InChI=1S/C19H20N6O3S/c1-10-2-3-14(15-5-12-7-22-24-18(12)29-15)25(9-10)19(28)17(27)23-13-4-11(16(20)26)6-21-8-13/h4-8,10,14H,2-3,9H2,1H3,(H2,20,26)(H,22,24)(H,23,27)/t10-,14+/m0/s1. The van der Waals surface area contributed by atoms with Gasteiger partial charge >= 0.3 is 11.8 Å². The number of carbonyl (C=O) groups is 3. The minimum absolute atomic E-state index is 0.155. The second-order valence-corrected chi connectivity index (χ2v) is 8.32. The number of rotatable bonds is 3. The van der Waals surface area contributed by atoms with Crippen LogP contribution in [-0.2, 0) is 9.59 Å². The van der Waals surface area contributed by atoms with E-state index in [-0.39, 0.29) is 17.3 Å². The van der Waals surface area contributed by atoms with Gasteiger partial charge in [0.15, 0.2) is 0 Å². The number of nitrogens with one attached hydrogen (secondary N) is 2. The second-order valence-electron chi connectivity index (χ2n) is 7.24. The molecule has 0 aliphatic carbocycles. The molecule has 9 nitrogen and oxygen atoms in total. The van der Waals surface area contributed by atoms with E-state index < -0.39 is 17.7 Å². The Bertz CT molecular complexity index is 1060. The average molecular weight is 412 g/mol. The summed E-state index contributed by atoms with van der Waals surface area (Å²) in [5.74, 6) is -1.74. The van der Waals surface area contributed by atoms with Crippen LogP contribution in [0.5, 0.6) is 0 Å². The van der Waals surface area contributed by atoms with E-state index in [1.54, 1.807) is 22.4 Å². The topological polar surface area (TPSA) is 134 Å². The molecule has 1 fully saturated rings. The maximum Gasteiger partial charge on any atom is 0.313 e. The van der Waals surface area contributed by atoms with Crippen molar-refractivity contribution in [2.75, 3.05) is 11.9 Å².